The molecule has 1 aromatic carbocycles. The van der Waals surface area contributed by atoms with Crippen molar-refractivity contribution in [3.05, 3.63) is 35.4 Å². The summed E-state index contributed by atoms with van der Waals surface area (Å²) in [5.74, 6) is 5.16. The lowest BCUT2D eigenvalue weighted by atomic mass is 10.1. The standard InChI is InChI=1S/C9H14N2.H2O4S/c1-8-2-4-9(5-3-8)6-7-11-10;1-5(2,3)4/h2-5,11H,6-7,10H2,1H3;(H2,1,2,3,4). The summed E-state index contributed by atoms with van der Waals surface area (Å²) in [6.45, 7) is 2.92. The maximum Gasteiger partial charge on any atom is 0.394 e. The summed E-state index contributed by atoms with van der Waals surface area (Å²) in [7, 11) is -4.67. The van der Waals surface area contributed by atoms with E-state index in [1.807, 2.05) is 0 Å². The van der Waals surface area contributed by atoms with Crippen molar-refractivity contribution in [2.24, 2.45) is 5.84 Å². The summed E-state index contributed by atoms with van der Waals surface area (Å²) >= 11 is 0. The molecule has 0 aromatic heterocycles. The van der Waals surface area contributed by atoms with Gasteiger partial charge in [-0.3, -0.25) is 20.4 Å². The third-order valence-corrected chi connectivity index (χ3v) is 1.68. The van der Waals surface area contributed by atoms with Crippen LogP contribution in [0.5, 0.6) is 0 Å². The van der Waals surface area contributed by atoms with Crippen molar-refractivity contribution in [2.45, 2.75) is 13.3 Å². The van der Waals surface area contributed by atoms with Crippen molar-refractivity contribution >= 4 is 10.4 Å². The van der Waals surface area contributed by atoms with E-state index in [4.69, 9.17) is 23.4 Å². The monoisotopic (exact) mass is 248 g/mol. The zero-order valence-electron chi connectivity index (χ0n) is 8.92. The lowest BCUT2D eigenvalue weighted by Crippen LogP contribution is -2.24. The normalized spacial score (nSPS) is 10.5. The molecule has 0 atom stereocenters. The van der Waals surface area contributed by atoms with Gasteiger partial charge in [-0.2, -0.15) is 8.42 Å². The van der Waals surface area contributed by atoms with Gasteiger partial charge < -0.3 is 0 Å². The van der Waals surface area contributed by atoms with Crippen molar-refractivity contribution in [3.8, 4) is 0 Å². The third-order valence-electron chi connectivity index (χ3n) is 1.68. The van der Waals surface area contributed by atoms with Crippen LogP contribution in [-0.4, -0.2) is 24.1 Å². The minimum Gasteiger partial charge on any atom is -0.271 e. The van der Waals surface area contributed by atoms with Gasteiger partial charge in [0.25, 0.3) is 0 Å². The number of hydrogen-bond donors (Lipinski definition) is 4. The first-order valence-electron chi connectivity index (χ1n) is 4.52. The highest BCUT2D eigenvalue weighted by molar-refractivity contribution is 7.79. The van der Waals surface area contributed by atoms with E-state index in [1.54, 1.807) is 0 Å². The van der Waals surface area contributed by atoms with Crippen LogP contribution in [0.4, 0.5) is 0 Å². The van der Waals surface area contributed by atoms with Crippen molar-refractivity contribution in [1.82, 2.24) is 5.43 Å². The number of benzene rings is 1. The molecule has 0 aliphatic rings. The molecule has 0 bridgehead atoms. The predicted octanol–water partition coefficient (Wildman–Crippen LogP) is 0.348. The maximum atomic E-state index is 8.74. The van der Waals surface area contributed by atoms with Crippen LogP contribution in [0.25, 0.3) is 0 Å². The van der Waals surface area contributed by atoms with Crippen LogP contribution in [0.2, 0.25) is 0 Å². The van der Waals surface area contributed by atoms with Gasteiger partial charge in [-0.1, -0.05) is 29.8 Å². The SMILES string of the molecule is Cc1ccc(CCNN)cc1.O=S(=O)(O)O. The van der Waals surface area contributed by atoms with E-state index in [1.165, 1.54) is 11.1 Å². The molecule has 0 aliphatic carbocycles. The van der Waals surface area contributed by atoms with E-state index in [0.29, 0.717) is 0 Å². The largest absolute Gasteiger partial charge is 0.394 e. The lowest BCUT2D eigenvalue weighted by molar-refractivity contribution is 0.381. The zero-order valence-corrected chi connectivity index (χ0v) is 9.74. The van der Waals surface area contributed by atoms with E-state index < -0.39 is 10.4 Å². The molecule has 0 saturated carbocycles. The third kappa shape index (κ3) is 11.1. The molecule has 16 heavy (non-hydrogen) atoms. The zero-order chi connectivity index (χ0) is 12.6. The van der Waals surface area contributed by atoms with E-state index >= 15 is 0 Å². The molecule has 6 nitrogen and oxygen atoms in total. The molecule has 0 unspecified atom stereocenters. The first-order chi connectivity index (χ1) is 7.33. The molecular weight excluding hydrogens is 232 g/mol. The molecule has 0 aliphatic heterocycles. The first kappa shape index (κ1) is 15.0. The second-order valence-corrected chi connectivity index (χ2v) is 4.03. The molecule has 0 saturated heterocycles. The Kier molecular flexibility index (Phi) is 6.86. The Hall–Kier alpha value is -0.990. The molecule has 0 amide bonds. The molecular formula is C9H16N2O4S. The molecule has 1 aromatic rings. The average Bonchev–Trinajstić information content (AvgIpc) is 2.14. The summed E-state index contributed by atoms with van der Waals surface area (Å²) in [6.07, 6.45) is 0.997. The van der Waals surface area contributed by atoms with Crippen LogP contribution in [0.3, 0.4) is 0 Å². The number of hydrazine groups is 1. The van der Waals surface area contributed by atoms with Crippen LogP contribution in [0.15, 0.2) is 24.3 Å². The van der Waals surface area contributed by atoms with Crippen molar-refractivity contribution in [1.29, 1.82) is 0 Å². The van der Waals surface area contributed by atoms with Gasteiger partial charge in [-0.25, -0.2) is 0 Å². The highest BCUT2D eigenvalue weighted by Gasteiger charge is 1.89. The fourth-order valence-electron chi connectivity index (χ4n) is 0.971. The van der Waals surface area contributed by atoms with E-state index in [9.17, 15) is 0 Å². The van der Waals surface area contributed by atoms with Crippen LogP contribution in [0.1, 0.15) is 11.1 Å². The summed E-state index contributed by atoms with van der Waals surface area (Å²) in [4.78, 5) is 0. The Morgan fingerprint density at radius 2 is 1.69 bits per heavy atom. The molecule has 0 heterocycles. The quantitative estimate of drug-likeness (QED) is 0.349. The van der Waals surface area contributed by atoms with E-state index in [-0.39, 0.29) is 0 Å². The van der Waals surface area contributed by atoms with Gasteiger partial charge in [-0.05, 0) is 18.9 Å². The van der Waals surface area contributed by atoms with Gasteiger partial charge in [0.2, 0.25) is 0 Å². The van der Waals surface area contributed by atoms with Crippen LogP contribution in [0, 0.1) is 6.92 Å². The Balaban J connectivity index is 0.000000385. The average molecular weight is 248 g/mol. The Morgan fingerprint density at radius 1 is 1.25 bits per heavy atom. The maximum absolute atomic E-state index is 8.74. The van der Waals surface area contributed by atoms with Gasteiger partial charge in [0.05, 0.1) is 0 Å². The summed E-state index contributed by atoms with van der Waals surface area (Å²) in [5.41, 5.74) is 5.26. The predicted molar refractivity (Wildman–Crippen MR) is 61.3 cm³/mol. The smallest absolute Gasteiger partial charge is 0.271 e. The Labute approximate surface area is 95.0 Å². The van der Waals surface area contributed by atoms with E-state index in [0.717, 1.165) is 13.0 Å². The topological polar surface area (TPSA) is 113 Å². The van der Waals surface area contributed by atoms with Gasteiger partial charge in [0.15, 0.2) is 0 Å². The Bertz CT molecular complexity index is 380. The number of aryl methyl sites for hydroxylation is 1. The summed E-state index contributed by atoms with van der Waals surface area (Å²) < 4.78 is 31.6. The van der Waals surface area contributed by atoms with Crippen molar-refractivity contribution in [2.75, 3.05) is 6.54 Å². The minimum atomic E-state index is -4.67. The molecule has 5 N–H and O–H groups in total. The fourth-order valence-corrected chi connectivity index (χ4v) is 0.971. The summed E-state index contributed by atoms with van der Waals surface area (Å²) in [5, 5.41) is 0. The highest BCUT2D eigenvalue weighted by Crippen LogP contribution is 2.02. The lowest BCUT2D eigenvalue weighted by Gasteiger charge is -1.99. The van der Waals surface area contributed by atoms with Crippen molar-refractivity contribution < 1.29 is 17.5 Å². The van der Waals surface area contributed by atoms with Crippen LogP contribution < -0.4 is 11.3 Å². The minimum absolute atomic E-state index is 0.836. The highest BCUT2D eigenvalue weighted by atomic mass is 32.3. The second kappa shape index (κ2) is 7.31. The molecule has 0 spiro atoms. The fraction of sp³-hybridized carbons (Fsp3) is 0.333. The van der Waals surface area contributed by atoms with Gasteiger partial charge in [-0.15, -0.1) is 0 Å². The number of hydrogen-bond acceptors (Lipinski definition) is 4. The number of rotatable bonds is 3. The number of nitrogens with two attached hydrogens (primary N) is 1. The first-order valence-corrected chi connectivity index (χ1v) is 5.91. The van der Waals surface area contributed by atoms with Crippen LogP contribution >= 0.6 is 0 Å². The number of nitrogens with one attached hydrogen (secondary N) is 1. The molecule has 7 heteroatoms. The van der Waals surface area contributed by atoms with Gasteiger partial charge in [0.1, 0.15) is 0 Å². The molecule has 92 valence electrons. The van der Waals surface area contributed by atoms with Gasteiger partial charge in [0, 0.05) is 6.54 Å². The molecule has 0 fully saturated rings. The van der Waals surface area contributed by atoms with Gasteiger partial charge >= 0.3 is 10.4 Å². The van der Waals surface area contributed by atoms with E-state index in [2.05, 4.69) is 36.6 Å². The van der Waals surface area contributed by atoms with Crippen LogP contribution in [-0.2, 0) is 16.8 Å². The Morgan fingerprint density at radius 3 is 2.06 bits per heavy atom. The molecule has 1 rings (SSSR count). The second-order valence-electron chi connectivity index (χ2n) is 3.14. The molecule has 0 radical (unpaired) electrons. The van der Waals surface area contributed by atoms with Crippen molar-refractivity contribution in [3.63, 3.8) is 0 Å². The summed E-state index contributed by atoms with van der Waals surface area (Å²) in [6, 6.07) is 8.50.